The molecule has 0 aliphatic carbocycles. The standard InChI is InChI=1S/C21H21ClN4O2/c1-13-10-19(28-25-13)18-12-23-14(2)24-20(18)15-6-8-26(9-7-15)21(27)16-4-3-5-17(22)11-16/h3-5,10-12,15H,6-9H2,1-2H3. The maximum atomic E-state index is 12.8. The molecule has 0 bridgehead atoms. The molecule has 7 heteroatoms. The molecular formula is C21H21ClN4O2. The van der Waals surface area contributed by atoms with Crippen LogP contribution in [-0.4, -0.2) is 39.0 Å². The van der Waals surface area contributed by atoms with Crippen LogP contribution in [0.1, 0.15) is 46.3 Å². The minimum Gasteiger partial charge on any atom is -0.356 e. The number of hydrogen-bond donors (Lipinski definition) is 0. The van der Waals surface area contributed by atoms with E-state index in [1.54, 1.807) is 30.5 Å². The Morgan fingerprint density at radius 3 is 2.68 bits per heavy atom. The van der Waals surface area contributed by atoms with Crippen molar-refractivity contribution in [2.75, 3.05) is 13.1 Å². The van der Waals surface area contributed by atoms with Gasteiger partial charge in [-0.05, 0) is 44.9 Å². The van der Waals surface area contributed by atoms with Gasteiger partial charge in [0.25, 0.3) is 5.91 Å². The van der Waals surface area contributed by atoms with Crippen LogP contribution in [0.3, 0.4) is 0 Å². The van der Waals surface area contributed by atoms with Gasteiger partial charge in [-0.1, -0.05) is 22.8 Å². The lowest BCUT2D eigenvalue weighted by atomic mass is 9.90. The second-order valence-electron chi connectivity index (χ2n) is 7.13. The van der Waals surface area contributed by atoms with E-state index in [0.717, 1.165) is 35.6 Å². The zero-order valence-corrected chi connectivity index (χ0v) is 16.6. The van der Waals surface area contributed by atoms with E-state index in [-0.39, 0.29) is 11.8 Å². The fraction of sp³-hybridized carbons (Fsp3) is 0.333. The second-order valence-corrected chi connectivity index (χ2v) is 7.56. The zero-order valence-electron chi connectivity index (χ0n) is 15.9. The molecule has 4 rings (SSSR count). The van der Waals surface area contributed by atoms with Gasteiger partial charge in [-0.15, -0.1) is 0 Å². The number of benzene rings is 1. The van der Waals surface area contributed by atoms with Crippen LogP contribution >= 0.6 is 11.6 Å². The molecule has 3 aromatic rings. The van der Waals surface area contributed by atoms with Crippen LogP contribution in [0, 0.1) is 13.8 Å². The van der Waals surface area contributed by atoms with Gasteiger partial charge in [0.05, 0.1) is 17.0 Å². The van der Waals surface area contributed by atoms with Crippen molar-refractivity contribution < 1.29 is 9.32 Å². The average Bonchev–Trinajstić information content (AvgIpc) is 3.13. The molecule has 0 atom stereocenters. The predicted octanol–water partition coefficient (Wildman–Crippen LogP) is 4.42. The smallest absolute Gasteiger partial charge is 0.253 e. The maximum Gasteiger partial charge on any atom is 0.253 e. The predicted molar refractivity (Wildman–Crippen MR) is 106 cm³/mol. The summed E-state index contributed by atoms with van der Waals surface area (Å²) in [5.74, 6) is 1.67. The highest BCUT2D eigenvalue weighted by atomic mass is 35.5. The number of hydrogen-bond acceptors (Lipinski definition) is 5. The third-order valence-electron chi connectivity index (χ3n) is 5.07. The van der Waals surface area contributed by atoms with Gasteiger partial charge in [-0.25, -0.2) is 9.97 Å². The average molecular weight is 397 g/mol. The van der Waals surface area contributed by atoms with E-state index in [2.05, 4.69) is 10.1 Å². The quantitative estimate of drug-likeness (QED) is 0.655. The normalized spacial score (nSPS) is 15.0. The van der Waals surface area contributed by atoms with Gasteiger partial charge in [-0.3, -0.25) is 4.79 Å². The van der Waals surface area contributed by atoms with Gasteiger partial charge in [0, 0.05) is 41.9 Å². The van der Waals surface area contributed by atoms with Crippen molar-refractivity contribution in [1.29, 1.82) is 0 Å². The molecule has 0 saturated carbocycles. The van der Waals surface area contributed by atoms with Gasteiger partial charge in [-0.2, -0.15) is 0 Å². The molecule has 6 nitrogen and oxygen atoms in total. The first-order chi connectivity index (χ1) is 13.5. The van der Waals surface area contributed by atoms with Crippen molar-refractivity contribution in [3.05, 3.63) is 64.3 Å². The van der Waals surface area contributed by atoms with Gasteiger partial charge in [0.1, 0.15) is 5.82 Å². The van der Waals surface area contributed by atoms with Crippen molar-refractivity contribution in [2.45, 2.75) is 32.6 Å². The summed E-state index contributed by atoms with van der Waals surface area (Å²) >= 11 is 6.02. The largest absolute Gasteiger partial charge is 0.356 e. The lowest BCUT2D eigenvalue weighted by Crippen LogP contribution is -2.38. The van der Waals surface area contributed by atoms with Crippen LogP contribution in [0.5, 0.6) is 0 Å². The van der Waals surface area contributed by atoms with Crippen LogP contribution in [0.2, 0.25) is 5.02 Å². The number of aryl methyl sites for hydroxylation is 2. The molecule has 28 heavy (non-hydrogen) atoms. The lowest BCUT2D eigenvalue weighted by molar-refractivity contribution is 0.0712. The SMILES string of the molecule is Cc1cc(-c2cnc(C)nc2C2CCN(C(=O)c3cccc(Cl)c3)CC2)on1. The van der Waals surface area contributed by atoms with Crippen LogP contribution in [0.25, 0.3) is 11.3 Å². The minimum atomic E-state index is 0.0194. The van der Waals surface area contributed by atoms with Crippen molar-refractivity contribution in [3.8, 4) is 11.3 Å². The summed E-state index contributed by atoms with van der Waals surface area (Å²) in [6.07, 6.45) is 3.48. The van der Waals surface area contributed by atoms with Crippen molar-refractivity contribution in [3.63, 3.8) is 0 Å². The summed E-state index contributed by atoms with van der Waals surface area (Å²) < 4.78 is 5.44. The summed E-state index contributed by atoms with van der Waals surface area (Å²) in [6.45, 7) is 5.13. The first kappa shape index (κ1) is 18.6. The first-order valence-corrected chi connectivity index (χ1v) is 9.71. The van der Waals surface area contributed by atoms with Crippen LogP contribution in [-0.2, 0) is 0 Å². The third-order valence-corrected chi connectivity index (χ3v) is 5.31. The lowest BCUT2D eigenvalue weighted by Gasteiger charge is -2.32. The summed E-state index contributed by atoms with van der Waals surface area (Å²) in [7, 11) is 0. The molecule has 1 amide bonds. The number of nitrogens with zero attached hydrogens (tertiary/aromatic N) is 4. The summed E-state index contributed by atoms with van der Waals surface area (Å²) in [4.78, 5) is 23.7. The fourth-order valence-corrected chi connectivity index (χ4v) is 3.83. The minimum absolute atomic E-state index is 0.0194. The molecule has 144 valence electrons. The van der Waals surface area contributed by atoms with E-state index in [1.165, 1.54) is 0 Å². The van der Waals surface area contributed by atoms with Crippen LogP contribution < -0.4 is 0 Å². The number of rotatable bonds is 3. The molecule has 0 radical (unpaired) electrons. The second kappa shape index (κ2) is 7.72. The molecule has 0 spiro atoms. The zero-order chi connectivity index (χ0) is 19.7. The number of carbonyl (C=O) groups is 1. The number of carbonyl (C=O) groups excluding carboxylic acids is 1. The molecule has 1 aliphatic heterocycles. The summed E-state index contributed by atoms with van der Waals surface area (Å²) in [6, 6.07) is 8.99. The molecule has 1 fully saturated rings. The maximum absolute atomic E-state index is 12.8. The van der Waals surface area contributed by atoms with E-state index in [0.29, 0.717) is 29.4 Å². The number of aromatic nitrogens is 3. The first-order valence-electron chi connectivity index (χ1n) is 9.33. The molecule has 3 heterocycles. The van der Waals surface area contributed by atoms with Gasteiger partial charge < -0.3 is 9.42 Å². The highest BCUT2D eigenvalue weighted by molar-refractivity contribution is 6.30. The Kier molecular flexibility index (Phi) is 5.13. The van der Waals surface area contributed by atoms with Crippen LogP contribution in [0.4, 0.5) is 0 Å². The topological polar surface area (TPSA) is 72.1 Å². The Balaban J connectivity index is 1.53. The number of halogens is 1. The molecule has 1 aromatic carbocycles. The Labute approximate surface area is 168 Å². The fourth-order valence-electron chi connectivity index (χ4n) is 3.64. The Morgan fingerprint density at radius 1 is 1.21 bits per heavy atom. The summed E-state index contributed by atoms with van der Waals surface area (Å²) in [5, 5.41) is 4.56. The van der Waals surface area contributed by atoms with Crippen molar-refractivity contribution in [1.82, 2.24) is 20.0 Å². The molecule has 1 saturated heterocycles. The highest BCUT2D eigenvalue weighted by Gasteiger charge is 2.28. The highest BCUT2D eigenvalue weighted by Crippen LogP contribution is 2.34. The molecule has 1 aliphatic rings. The van der Waals surface area contributed by atoms with E-state index < -0.39 is 0 Å². The van der Waals surface area contributed by atoms with Crippen LogP contribution in [0.15, 0.2) is 41.1 Å². The van der Waals surface area contributed by atoms with Crippen molar-refractivity contribution in [2.24, 2.45) is 0 Å². The van der Waals surface area contributed by atoms with Gasteiger partial charge in [0.15, 0.2) is 5.76 Å². The third kappa shape index (κ3) is 3.78. The van der Waals surface area contributed by atoms with Gasteiger partial charge in [0.2, 0.25) is 0 Å². The number of piperidine rings is 1. The Bertz CT molecular complexity index is 1010. The Morgan fingerprint density at radius 2 is 2.00 bits per heavy atom. The Hall–Kier alpha value is -2.73. The van der Waals surface area contributed by atoms with E-state index in [4.69, 9.17) is 21.1 Å². The monoisotopic (exact) mass is 396 g/mol. The van der Waals surface area contributed by atoms with E-state index in [9.17, 15) is 4.79 Å². The molecular weight excluding hydrogens is 376 g/mol. The number of amides is 1. The summed E-state index contributed by atoms with van der Waals surface area (Å²) in [5.41, 5.74) is 3.30. The molecule has 0 N–H and O–H groups in total. The van der Waals surface area contributed by atoms with Crippen molar-refractivity contribution >= 4 is 17.5 Å². The molecule has 0 unspecified atom stereocenters. The molecule has 2 aromatic heterocycles. The van der Waals surface area contributed by atoms with Gasteiger partial charge >= 0.3 is 0 Å². The van der Waals surface area contributed by atoms with E-state index in [1.807, 2.05) is 24.8 Å². The number of likely N-dealkylation sites (tertiary alicyclic amines) is 1. The van der Waals surface area contributed by atoms with E-state index >= 15 is 0 Å².